The van der Waals surface area contributed by atoms with Gasteiger partial charge in [0.15, 0.2) is 5.69 Å². The lowest BCUT2D eigenvalue weighted by Gasteiger charge is -2.07. The molecular formula is C21H19BrN4O2. The summed E-state index contributed by atoms with van der Waals surface area (Å²) in [5.74, 6) is 0.0429. The van der Waals surface area contributed by atoms with E-state index in [-0.39, 0.29) is 11.6 Å². The molecule has 7 heteroatoms. The largest absolute Gasteiger partial charge is 0.446 e. The van der Waals surface area contributed by atoms with E-state index in [0.29, 0.717) is 18.9 Å². The van der Waals surface area contributed by atoms with Crippen molar-refractivity contribution in [3.63, 3.8) is 0 Å². The van der Waals surface area contributed by atoms with E-state index in [1.54, 1.807) is 0 Å². The van der Waals surface area contributed by atoms with Gasteiger partial charge in [0.2, 0.25) is 5.89 Å². The van der Waals surface area contributed by atoms with Crippen LogP contribution in [0.5, 0.6) is 0 Å². The molecule has 0 radical (unpaired) electrons. The summed E-state index contributed by atoms with van der Waals surface area (Å²) in [6.07, 6.45) is 3.85. The predicted molar refractivity (Wildman–Crippen MR) is 111 cm³/mol. The van der Waals surface area contributed by atoms with Crippen molar-refractivity contribution in [2.75, 3.05) is 0 Å². The Kier molecular flexibility index (Phi) is 5.27. The number of hydrogen-bond acceptors (Lipinski definition) is 4. The summed E-state index contributed by atoms with van der Waals surface area (Å²) in [5.41, 5.74) is 9.61. The Morgan fingerprint density at radius 1 is 1.18 bits per heavy atom. The van der Waals surface area contributed by atoms with Crippen molar-refractivity contribution < 1.29 is 9.21 Å². The molecule has 0 saturated heterocycles. The van der Waals surface area contributed by atoms with Crippen LogP contribution in [0.4, 0.5) is 0 Å². The van der Waals surface area contributed by atoms with Crippen LogP contribution in [0.15, 0.2) is 69.9 Å². The first kappa shape index (κ1) is 18.5. The van der Waals surface area contributed by atoms with Gasteiger partial charge in [-0.05, 0) is 29.7 Å². The molecule has 1 unspecified atom stereocenters. The summed E-state index contributed by atoms with van der Waals surface area (Å²) < 4.78 is 6.41. The van der Waals surface area contributed by atoms with Crippen molar-refractivity contribution in [3.05, 3.63) is 88.2 Å². The number of carbonyl (C=O) groups excluding carboxylic acids is 1. The number of rotatable bonds is 6. The second kappa shape index (κ2) is 8.00. The van der Waals surface area contributed by atoms with E-state index >= 15 is 0 Å². The van der Waals surface area contributed by atoms with Crippen molar-refractivity contribution in [2.45, 2.75) is 19.0 Å². The molecule has 6 nitrogen and oxygen atoms in total. The summed E-state index contributed by atoms with van der Waals surface area (Å²) in [4.78, 5) is 19.9. The monoisotopic (exact) mass is 438 g/mol. The number of carbonyl (C=O) groups is 1. The number of oxazole rings is 1. The van der Waals surface area contributed by atoms with E-state index in [2.05, 4.69) is 31.2 Å². The van der Waals surface area contributed by atoms with Crippen LogP contribution in [0.25, 0.3) is 10.9 Å². The Morgan fingerprint density at radius 2 is 1.96 bits per heavy atom. The highest BCUT2D eigenvalue weighted by Gasteiger charge is 2.18. The maximum absolute atomic E-state index is 12.4. The minimum absolute atomic E-state index is 0.219. The molecule has 1 amide bonds. The fourth-order valence-electron chi connectivity index (χ4n) is 3.09. The van der Waals surface area contributed by atoms with E-state index in [4.69, 9.17) is 10.2 Å². The van der Waals surface area contributed by atoms with Crippen LogP contribution in [-0.2, 0) is 13.0 Å². The Bertz CT molecular complexity index is 1120. The molecule has 28 heavy (non-hydrogen) atoms. The van der Waals surface area contributed by atoms with Crippen LogP contribution in [0.1, 0.15) is 33.5 Å². The first-order valence-corrected chi connectivity index (χ1v) is 9.68. The molecule has 1 atom stereocenters. The number of hydrogen-bond donors (Lipinski definition) is 3. The van der Waals surface area contributed by atoms with Gasteiger partial charge in [-0.3, -0.25) is 4.79 Å². The zero-order chi connectivity index (χ0) is 19.5. The molecule has 2 aromatic heterocycles. The number of amides is 1. The Morgan fingerprint density at radius 3 is 2.82 bits per heavy atom. The molecule has 4 rings (SSSR count). The minimum atomic E-state index is -0.441. The van der Waals surface area contributed by atoms with E-state index in [1.807, 2.05) is 54.7 Å². The number of fused-ring (bicyclic) bond motifs is 1. The molecule has 0 fully saturated rings. The second-order valence-electron chi connectivity index (χ2n) is 6.52. The fraction of sp³-hybridized carbons (Fsp3) is 0.143. The summed E-state index contributed by atoms with van der Waals surface area (Å²) in [7, 11) is 0. The quantitative estimate of drug-likeness (QED) is 0.422. The van der Waals surface area contributed by atoms with Crippen LogP contribution in [0.2, 0.25) is 0 Å². The standard InChI is InChI=1S/C21H19BrN4O2/c22-16-7-3-1-5-13(16)10-25-20(27)19-12-28-21(26-19)17(23)9-14-11-24-18-8-4-2-6-15(14)18/h1-8,11-12,17,24H,9-10,23H2,(H,25,27). The van der Waals surface area contributed by atoms with Crippen LogP contribution in [0.3, 0.4) is 0 Å². The van der Waals surface area contributed by atoms with Gasteiger partial charge in [0.05, 0.1) is 6.04 Å². The van der Waals surface area contributed by atoms with Crippen molar-refractivity contribution in [3.8, 4) is 0 Å². The van der Waals surface area contributed by atoms with Gasteiger partial charge in [0.25, 0.3) is 5.91 Å². The Hall–Kier alpha value is -2.90. The van der Waals surface area contributed by atoms with Crippen LogP contribution >= 0.6 is 15.9 Å². The lowest BCUT2D eigenvalue weighted by molar-refractivity contribution is 0.0946. The van der Waals surface area contributed by atoms with Gasteiger partial charge in [-0.1, -0.05) is 52.3 Å². The molecule has 2 heterocycles. The van der Waals surface area contributed by atoms with Gasteiger partial charge >= 0.3 is 0 Å². The second-order valence-corrected chi connectivity index (χ2v) is 7.37. The first-order valence-electron chi connectivity index (χ1n) is 8.89. The SMILES string of the molecule is NC(Cc1c[nH]c2ccccc12)c1nc(C(=O)NCc2ccccc2Br)co1. The lowest BCUT2D eigenvalue weighted by Crippen LogP contribution is -2.23. The number of benzene rings is 2. The van der Waals surface area contributed by atoms with Crippen molar-refractivity contribution in [1.82, 2.24) is 15.3 Å². The van der Waals surface area contributed by atoms with Gasteiger partial charge in [-0.2, -0.15) is 0 Å². The Balaban J connectivity index is 1.42. The number of aromatic nitrogens is 2. The smallest absolute Gasteiger partial charge is 0.273 e. The minimum Gasteiger partial charge on any atom is -0.446 e. The topological polar surface area (TPSA) is 96.9 Å². The number of aromatic amines is 1. The molecule has 0 spiro atoms. The van der Waals surface area contributed by atoms with Crippen LogP contribution in [-0.4, -0.2) is 15.9 Å². The molecule has 0 aliphatic carbocycles. The maximum atomic E-state index is 12.4. The number of para-hydroxylation sites is 1. The summed E-state index contributed by atoms with van der Waals surface area (Å²) in [6.45, 7) is 0.393. The number of nitrogens with one attached hydrogen (secondary N) is 2. The van der Waals surface area contributed by atoms with E-state index < -0.39 is 6.04 Å². The van der Waals surface area contributed by atoms with E-state index in [1.165, 1.54) is 6.26 Å². The molecule has 0 aliphatic rings. The number of nitrogens with zero attached hydrogens (tertiary/aromatic N) is 1. The fourth-order valence-corrected chi connectivity index (χ4v) is 3.52. The number of nitrogens with two attached hydrogens (primary N) is 1. The zero-order valence-corrected chi connectivity index (χ0v) is 16.6. The molecular weight excluding hydrogens is 420 g/mol. The van der Waals surface area contributed by atoms with Crippen LogP contribution < -0.4 is 11.1 Å². The normalized spacial score (nSPS) is 12.2. The molecule has 0 aliphatic heterocycles. The lowest BCUT2D eigenvalue weighted by atomic mass is 10.1. The molecule has 142 valence electrons. The Labute approximate surface area is 170 Å². The highest BCUT2D eigenvalue weighted by Crippen LogP contribution is 2.23. The van der Waals surface area contributed by atoms with Crippen molar-refractivity contribution >= 4 is 32.7 Å². The molecule has 0 bridgehead atoms. The van der Waals surface area contributed by atoms with Gasteiger partial charge in [-0.25, -0.2) is 4.98 Å². The summed E-state index contributed by atoms with van der Waals surface area (Å²) in [6, 6.07) is 15.3. The summed E-state index contributed by atoms with van der Waals surface area (Å²) in [5, 5.41) is 3.96. The third-order valence-electron chi connectivity index (χ3n) is 4.58. The van der Waals surface area contributed by atoms with Crippen molar-refractivity contribution in [2.24, 2.45) is 5.73 Å². The first-order chi connectivity index (χ1) is 13.6. The van der Waals surface area contributed by atoms with E-state index in [9.17, 15) is 4.79 Å². The molecule has 0 saturated carbocycles. The summed E-state index contributed by atoms with van der Waals surface area (Å²) >= 11 is 3.47. The maximum Gasteiger partial charge on any atom is 0.273 e. The predicted octanol–water partition coefficient (Wildman–Crippen LogP) is 4.09. The number of halogens is 1. The number of H-pyrrole nitrogens is 1. The third-order valence-corrected chi connectivity index (χ3v) is 5.36. The van der Waals surface area contributed by atoms with Crippen molar-refractivity contribution in [1.29, 1.82) is 0 Å². The van der Waals surface area contributed by atoms with Gasteiger partial charge in [0, 0.05) is 28.1 Å². The third kappa shape index (κ3) is 3.85. The van der Waals surface area contributed by atoms with Crippen LogP contribution in [0, 0.1) is 0 Å². The average molecular weight is 439 g/mol. The van der Waals surface area contributed by atoms with E-state index in [0.717, 1.165) is 26.5 Å². The average Bonchev–Trinajstić information content (AvgIpc) is 3.35. The van der Waals surface area contributed by atoms with Gasteiger partial charge in [0.1, 0.15) is 6.26 Å². The molecule has 4 N–H and O–H groups in total. The van der Waals surface area contributed by atoms with Gasteiger partial charge in [-0.15, -0.1) is 0 Å². The molecule has 2 aromatic carbocycles. The van der Waals surface area contributed by atoms with Gasteiger partial charge < -0.3 is 20.5 Å². The highest BCUT2D eigenvalue weighted by atomic mass is 79.9. The zero-order valence-electron chi connectivity index (χ0n) is 15.0. The highest BCUT2D eigenvalue weighted by molar-refractivity contribution is 9.10. The molecule has 4 aromatic rings.